The van der Waals surface area contributed by atoms with E-state index in [4.69, 9.17) is 24.4 Å². The highest BCUT2D eigenvalue weighted by Crippen LogP contribution is 2.32. The Balaban J connectivity index is 1.41. The molecule has 0 amide bonds. The molecule has 0 aromatic carbocycles. The third kappa shape index (κ3) is 4.06. The summed E-state index contributed by atoms with van der Waals surface area (Å²) in [7, 11) is -1.04. The molecule has 3 aliphatic rings. The van der Waals surface area contributed by atoms with Crippen LogP contribution in [-0.2, 0) is 39.8 Å². The van der Waals surface area contributed by atoms with E-state index < -0.39 is 10.8 Å². The molecule has 0 radical (unpaired) electrons. The van der Waals surface area contributed by atoms with Crippen LogP contribution in [0.2, 0.25) is 0 Å². The number of fused-ring (bicyclic) bond motifs is 2. The van der Waals surface area contributed by atoms with Gasteiger partial charge in [-0.3, -0.25) is 4.21 Å². The van der Waals surface area contributed by atoms with Gasteiger partial charge in [0.15, 0.2) is 0 Å². The van der Waals surface area contributed by atoms with Crippen molar-refractivity contribution in [2.24, 2.45) is 0 Å². The molecule has 3 aliphatic heterocycles. The van der Waals surface area contributed by atoms with Crippen LogP contribution in [0.25, 0.3) is 5.76 Å². The van der Waals surface area contributed by atoms with Crippen LogP contribution < -0.4 is 10.2 Å². The van der Waals surface area contributed by atoms with E-state index >= 15 is 0 Å². The first kappa shape index (κ1) is 20.4. The molecular weight excluding hydrogens is 416 g/mol. The molecule has 0 bridgehead atoms. The standard InChI is InChI=1S/C21H28N6O3S/c1-3-30-14(2)17-12-26-7-8-27(13-18(26)23-17)21-24-16-6-11-31(28)19(16)20(25-21)22-15-4-9-29-10-5-15/h12,15H,2-11,13H2,1H3,(H,22,24,25). The minimum Gasteiger partial charge on any atom is -0.492 e. The van der Waals surface area contributed by atoms with Crippen LogP contribution in [0, 0.1) is 0 Å². The Kier molecular flexibility index (Phi) is 5.66. The lowest BCUT2D eigenvalue weighted by molar-refractivity contribution is 0.0903. The average molecular weight is 445 g/mol. The zero-order chi connectivity index (χ0) is 21.4. The molecule has 1 saturated heterocycles. The summed E-state index contributed by atoms with van der Waals surface area (Å²) in [6, 6.07) is 0.283. The van der Waals surface area contributed by atoms with Crippen LogP contribution in [0.3, 0.4) is 0 Å². The zero-order valence-corrected chi connectivity index (χ0v) is 18.6. The Bertz CT molecular complexity index is 1020. The Hall–Kier alpha value is -2.46. The van der Waals surface area contributed by atoms with Crippen LogP contribution >= 0.6 is 0 Å². The quantitative estimate of drug-likeness (QED) is 0.676. The Morgan fingerprint density at radius 1 is 1.32 bits per heavy atom. The highest BCUT2D eigenvalue weighted by Gasteiger charge is 2.30. The van der Waals surface area contributed by atoms with Crippen LogP contribution in [0.5, 0.6) is 0 Å². The van der Waals surface area contributed by atoms with Gasteiger partial charge in [0.1, 0.15) is 28.0 Å². The number of anilines is 2. The van der Waals surface area contributed by atoms with Crippen LogP contribution in [0.15, 0.2) is 17.7 Å². The van der Waals surface area contributed by atoms with Crippen molar-refractivity contribution in [1.29, 1.82) is 0 Å². The van der Waals surface area contributed by atoms with E-state index in [-0.39, 0.29) is 6.04 Å². The van der Waals surface area contributed by atoms with E-state index in [1.807, 2.05) is 13.1 Å². The first-order chi connectivity index (χ1) is 15.1. The second-order valence-corrected chi connectivity index (χ2v) is 9.50. The number of nitrogens with zero attached hydrogens (tertiary/aromatic N) is 5. The van der Waals surface area contributed by atoms with Crippen molar-refractivity contribution in [3.8, 4) is 0 Å². The third-order valence-electron chi connectivity index (χ3n) is 5.93. The maximum Gasteiger partial charge on any atom is 0.228 e. The summed E-state index contributed by atoms with van der Waals surface area (Å²) in [4.78, 5) is 17.3. The molecule has 1 atom stereocenters. The summed E-state index contributed by atoms with van der Waals surface area (Å²) in [5.74, 6) is 3.54. The normalized spacial score (nSPS) is 20.9. The highest BCUT2D eigenvalue weighted by molar-refractivity contribution is 7.85. The fourth-order valence-electron chi connectivity index (χ4n) is 4.26. The molecule has 166 valence electrons. The summed E-state index contributed by atoms with van der Waals surface area (Å²) in [6.07, 6.45) is 4.57. The molecular formula is C21H28N6O3S. The van der Waals surface area contributed by atoms with Crippen LogP contribution in [-0.4, -0.2) is 61.9 Å². The van der Waals surface area contributed by atoms with Gasteiger partial charge in [-0.05, 0) is 19.8 Å². The average Bonchev–Trinajstić information content (AvgIpc) is 3.38. The Morgan fingerprint density at radius 2 is 2.16 bits per heavy atom. The summed E-state index contributed by atoms with van der Waals surface area (Å²) in [6.45, 7) is 10.1. The monoisotopic (exact) mass is 444 g/mol. The zero-order valence-electron chi connectivity index (χ0n) is 17.8. The molecule has 9 nitrogen and oxygen atoms in total. The lowest BCUT2D eigenvalue weighted by Gasteiger charge is -2.29. The third-order valence-corrected chi connectivity index (χ3v) is 7.39. The minimum absolute atomic E-state index is 0.283. The van der Waals surface area contributed by atoms with Gasteiger partial charge < -0.3 is 24.3 Å². The number of hydrogen-bond donors (Lipinski definition) is 1. The topological polar surface area (TPSA) is 94.4 Å². The predicted molar refractivity (Wildman–Crippen MR) is 118 cm³/mol. The van der Waals surface area contributed by atoms with E-state index in [0.29, 0.717) is 30.6 Å². The van der Waals surface area contributed by atoms with Gasteiger partial charge in [0.25, 0.3) is 0 Å². The molecule has 31 heavy (non-hydrogen) atoms. The first-order valence-corrected chi connectivity index (χ1v) is 12.2. The molecule has 0 aliphatic carbocycles. The number of aryl methyl sites for hydroxylation is 1. The van der Waals surface area contributed by atoms with Gasteiger partial charge in [0.2, 0.25) is 5.95 Å². The van der Waals surface area contributed by atoms with Crippen molar-refractivity contribution in [3.63, 3.8) is 0 Å². The maximum atomic E-state index is 12.6. The first-order valence-electron chi connectivity index (χ1n) is 10.9. The number of nitrogens with one attached hydrogen (secondary N) is 1. The Morgan fingerprint density at radius 3 is 2.97 bits per heavy atom. The van der Waals surface area contributed by atoms with Gasteiger partial charge in [-0.25, -0.2) is 9.97 Å². The summed E-state index contributed by atoms with van der Waals surface area (Å²) in [5.41, 5.74) is 1.67. The number of rotatable bonds is 6. The van der Waals surface area contributed by atoms with E-state index in [1.54, 1.807) is 0 Å². The van der Waals surface area contributed by atoms with E-state index in [2.05, 4.69) is 21.4 Å². The van der Waals surface area contributed by atoms with Gasteiger partial charge in [0.05, 0.1) is 29.6 Å². The SMILES string of the molecule is C=C(OCC)c1cn2c(n1)CN(c1nc3c(c(NC4CCOCC4)n1)S(=O)CC3)CC2. The molecule has 0 saturated carbocycles. The lowest BCUT2D eigenvalue weighted by Crippen LogP contribution is -2.35. The van der Waals surface area contributed by atoms with Crippen LogP contribution in [0.4, 0.5) is 11.8 Å². The summed E-state index contributed by atoms with van der Waals surface area (Å²) >= 11 is 0. The molecule has 0 spiro atoms. The molecule has 5 rings (SSSR count). The van der Waals surface area contributed by atoms with E-state index in [0.717, 1.165) is 73.5 Å². The van der Waals surface area contributed by atoms with Gasteiger partial charge in [-0.1, -0.05) is 6.58 Å². The minimum atomic E-state index is -1.04. The molecule has 1 fully saturated rings. The van der Waals surface area contributed by atoms with E-state index in [9.17, 15) is 4.21 Å². The fourth-order valence-corrected chi connectivity index (χ4v) is 5.58. The van der Waals surface area contributed by atoms with Crippen molar-refractivity contribution in [2.75, 3.05) is 42.3 Å². The van der Waals surface area contributed by atoms with Gasteiger partial charge >= 0.3 is 0 Å². The van der Waals surface area contributed by atoms with Gasteiger partial charge in [-0.15, -0.1) is 0 Å². The molecule has 2 aromatic heterocycles. The van der Waals surface area contributed by atoms with Crippen LogP contribution in [0.1, 0.15) is 37.0 Å². The second-order valence-electron chi connectivity index (χ2n) is 7.99. The van der Waals surface area contributed by atoms with E-state index in [1.165, 1.54) is 0 Å². The molecule has 2 aromatic rings. The number of hydrogen-bond acceptors (Lipinski definition) is 8. The van der Waals surface area contributed by atoms with Gasteiger partial charge in [-0.2, -0.15) is 4.98 Å². The molecule has 10 heteroatoms. The van der Waals surface area contributed by atoms with Crippen molar-refractivity contribution < 1.29 is 13.7 Å². The second kappa shape index (κ2) is 8.58. The van der Waals surface area contributed by atoms with Crippen molar-refractivity contribution in [3.05, 3.63) is 30.0 Å². The van der Waals surface area contributed by atoms with Crippen molar-refractivity contribution >= 4 is 28.3 Å². The number of ether oxygens (including phenoxy) is 2. The molecule has 1 unspecified atom stereocenters. The predicted octanol–water partition coefficient (Wildman–Crippen LogP) is 1.96. The summed E-state index contributed by atoms with van der Waals surface area (Å²) in [5, 5.41) is 3.54. The number of aromatic nitrogens is 4. The lowest BCUT2D eigenvalue weighted by atomic mass is 10.1. The number of imidazole rings is 1. The molecule has 1 N–H and O–H groups in total. The molecule has 5 heterocycles. The smallest absolute Gasteiger partial charge is 0.228 e. The largest absolute Gasteiger partial charge is 0.492 e. The summed E-state index contributed by atoms with van der Waals surface area (Å²) < 4.78 is 25.7. The Labute approximate surface area is 184 Å². The maximum absolute atomic E-state index is 12.6. The fraction of sp³-hybridized carbons (Fsp3) is 0.571. The van der Waals surface area contributed by atoms with Crippen molar-refractivity contribution in [2.45, 2.75) is 50.2 Å². The van der Waals surface area contributed by atoms with Gasteiger partial charge in [0, 0.05) is 50.7 Å². The highest BCUT2D eigenvalue weighted by atomic mass is 32.2. The van der Waals surface area contributed by atoms with Crippen molar-refractivity contribution in [1.82, 2.24) is 19.5 Å².